The summed E-state index contributed by atoms with van der Waals surface area (Å²) >= 11 is 13.1. The van der Waals surface area contributed by atoms with E-state index in [0.29, 0.717) is 14.9 Å². The van der Waals surface area contributed by atoms with Crippen molar-refractivity contribution in [3.05, 3.63) is 56.2 Å². The monoisotopic (exact) mass is 413 g/mol. The van der Waals surface area contributed by atoms with E-state index in [0.717, 1.165) is 5.56 Å². The highest BCUT2D eigenvalue weighted by molar-refractivity contribution is 7.12. The lowest BCUT2D eigenvalue weighted by atomic mass is 10.2. The molecule has 1 amide bonds. The molecule has 0 aliphatic rings. The van der Waals surface area contributed by atoms with Gasteiger partial charge in [0.15, 0.2) is 5.78 Å². The molecule has 0 radical (unpaired) electrons. The molecule has 1 aromatic carbocycles. The SMILES string of the molecule is O=C(CCC(=O)c1cccs1)NCCC(=O)OCc1ccc(Cl)c(Cl)c1. The molecule has 1 N–H and O–H groups in total. The maximum atomic E-state index is 11.8. The summed E-state index contributed by atoms with van der Waals surface area (Å²) in [5.74, 6) is -0.769. The first-order valence-corrected chi connectivity index (χ1v) is 9.52. The number of benzene rings is 1. The van der Waals surface area contributed by atoms with Crippen molar-refractivity contribution in [1.82, 2.24) is 5.32 Å². The predicted molar refractivity (Wildman–Crippen MR) is 102 cm³/mol. The van der Waals surface area contributed by atoms with Gasteiger partial charge in [0.05, 0.1) is 21.3 Å². The quantitative estimate of drug-likeness (QED) is 0.492. The standard InChI is InChI=1S/C18H17Cl2NO4S/c19-13-4-3-12(10-14(13)20)11-25-18(24)7-8-21-17(23)6-5-15(22)16-2-1-9-26-16/h1-4,9-10H,5-8,11H2,(H,21,23). The number of hydrogen-bond acceptors (Lipinski definition) is 5. The highest BCUT2D eigenvalue weighted by Crippen LogP contribution is 2.22. The van der Waals surface area contributed by atoms with Gasteiger partial charge in [0.25, 0.3) is 0 Å². The zero-order valence-electron chi connectivity index (χ0n) is 13.8. The van der Waals surface area contributed by atoms with Crippen LogP contribution in [-0.2, 0) is 20.9 Å². The number of ketones is 1. The van der Waals surface area contributed by atoms with E-state index < -0.39 is 5.97 Å². The highest BCUT2D eigenvalue weighted by Gasteiger charge is 2.11. The summed E-state index contributed by atoms with van der Waals surface area (Å²) in [5.41, 5.74) is 0.726. The molecule has 0 spiro atoms. The van der Waals surface area contributed by atoms with Crippen LogP contribution in [0.4, 0.5) is 0 Å². The third-order valence-electron chi connectivity index (χ3n) is 3.41. The fourth-order valence-electron chi connectivity index (χ4n) is 2.05. The molecule has 0 bridgehead atoms. The van der Waals surface area contributed by atoms with Gasteiger partial charge in [-0.05, 0) is 29.1 Å². The van der Waals surface area contributed by atoms with Gasteiger partial charge in [-0.2, -0.15) is 0 Å². The number of halogens is 2. The second kappa shape index (κ2) is 10.3. The van der Waals surface area contributed by atoms with Crippen LogP contribution >= 0.6 is 34.5 Å². The molecule has 0 fully saturated rings. The van der Waals surface area contributed by atoms with Crippen LogP contribution in [0.25, 0.3) is 0 Å². The smallest absolute Gasteiger partial charge is 0.307 e. The minimum absolute atomic E-state index is 0.0476. The van der Waals surface area contributed by atoms with E-state index in [1.165, 1.54) is 11.3 Å². The topological polar surface area (TPSA) is 72.5 Å². The average Bonchev–Trinajstić information content (AvgIpc) is 3.15. The molecule has 0 saturated carbocycles. The van der Waals surface area contributed by atoms with E-state index in [4.69, 9.17) is 27.9 Å². The fourth-order valence-corrected chi connectivity index (χ4v) is 3.06. The maximum Gasteiger partial charge on any atom is 0.307 e. The molecule has 0 aliphatic heterocycles. The molecule has 2 rings (SSSR count). The summed E-state index contributed by atoms with van der Waals surface area (Å²) in [6.07, 6.45) is 0.287. The minimum Gasteiger partial charge on any atom is -0.461 e. The zero-order chi connectivity index (χ0) is 18.9. The number of amides is 1. The molecule has 26 heavy (non-hydrogen) atoms. The molecule has 0 unspecified atom stereocenters. The van der Waals surface area contributed by atoms with Gasteiger partial charge in [0, 0.05) is 19.4 Å². The number of carbonyl (C=O) groups is 3. The van der Waals surface area contributed by atoms with Crippen LogP contribution in [-0.4, -0.2) is 24.2 Å². The Morgan fingerprint density at radius 3 is 2.54 bits per heavy atom. The minimum atomic E-state index is -0.439. The van der Waals surface area contributed by atoms with Gasteiger partial charge >= 0.3 is 5.97 Å². The van der Waals surface area contributed by atoms with E-state index in [1.807, 2.05) is 5.38 Å². The zero-order valence-corrected chi connectivity index (χ0v) is 16.1. The van der Waals surface area contributed by atoms with Crippen molar-refractivity contribution in [1.29, 1.82) is 0 Å². The number of rotatable bonds is 9. The summed E-state index contributed by atoms with van der Waals surface area (Å²) in [7, 11) is 0. The van der Waals surface area contributed by atoms with Gasteiger partial charge < -0.3 is 10.1 Å². The first kappa shape index (κ1) is 20.4. The lowest BCUT2D eigenvalue weighted by Gasteiger charge is -2.07. The van der Waals surface area contributed by atoms with Crippen LogP contribution in [0.15, 0.2) is 35.7 Å². The van der Waals surface area contributed by atoms with Gasteiger partial charge in [0.1, 0.15) is 6.61 Å². The third-order valence-corrected chi connectivity index (χ3v) is 5.06. The Balaban J connectivity index is 1.60. The molecule has 0 atom stereocenters. The molecular formula is C18H17Cl2NO4S. The number of esters is 1. The second-order valence-electron chi connectivity index (χ2n) is 5.41. The summed E-state index contributed by atoms with van der Waals surface area (Å²) in [4.78, 5) is 35.8. The fraction of sp³-hybridized carbons (Fsp3) is 0.278. The van der Waals surface area contributed by atoms with Crippen molar-refractivity contribution in [2.75, 3.05) is 6.54 Å². The lowest BCUT2D eigenvalue weighted by molar-refractivity contribution is -0.144. The maximum absolute atomic E-state index is 11.8. The van der Waals surface area contributed by atoms with Gasteiger partial charge in [-0.15, -0.1) is 11.3 Å². The van der Waals surface area contributed by atoms with E-state index in [-0.39, 0.29) is 44.1 Å². The number of Topliss-reactive ketones (excluding diaryl/α,β-unsaturated/α-hetero) is 1. The van der Waals surface area contributed by atoms with Crippen LogP contribution in [0.2, 0.25) is 10.0 Å². The van der Waals surface area contributed by atoms with Gasteiger partial charge in [-0.25, -0.2) is 0 Å². The van der Waals surface area contributed by atoms with Crippen LogP contribution in [0.5, 0.6) is 0 Å². The molecule has 1 aromatic heterocycles. The van der Waals surface area contributed by atoms with E-state index in [1.54, 1.807) is 30.3 Å². The van der Waals surface area contributed by atoms with Crippen LogP contribution in [0.3, 0.4) is 0 Å². The van der Waals surface area contributed by atoms with Crippen molar-refractivity contribution >= 4 is 52.2 Å². The Morgan fingerprint density at radius 1 is 1.04 bits per heavy atom. The van der Waals surface area contributed by atoms with Crippen LogP contribution in [0.1, 0.15) is 34.5 Å². The normalized spacial score (nSPS) is 10.4. The Hall–Kier alpha value is -1.89. The van der Waals surface area contributed by atoms with Crippen molar-refractivity contribution < 1.29 is 19.1 Å². The molecule has 5 nitrogen and oxygen atoms in total. The molecule has 2 aromatic rings. The number of nitrogens with one attached hydrogen (secondary N) is 1. The second-order valence-corrected chi connectivity index (χ2v) is 7.17. The van der Waals surface area contributed by atoms with Gasteiger partial charge in [-0.1, -0.05) is 35.3 Å². The summed E-state index contributed by atoms with van der Waals surface area (Å²) in [6, 6.07) is 8.50. The van der Waals surface area contributed by atoms with Gasteiger partial charge in [-0.3, -0.25) is 14.4 Å². The Kier molecular flexibility index (Phi) is 8.09. The summed E-state index contributed by atoms with van der Waals surface area (Å²) < 4.78 is 5.11. The van der Waals surface area contributed by atoms with E-state index in [2.05, 4.69) is 5.32 Å². The average molecular weight is 414 g/mol. The summed E-state index contributed by atoms with van der Waals surface area (Å²) in [6.45, 7) is 0.241. The van der Waals surface area contributed by atoms with Crippen molar-refractivity contribution in [3.63, 3.8) is 0 Å². The molecular weight excluding hydrogens is 397 g/mol. The highest BCUT2D eigenvalue weighted by atomic mass is 35.5. The van der Waals surface area contributed by atoms with Crippen molar-refractivity contribution in [2.24, 2.45) is 0 Å². The summed E-state index contributed by atoms with van der Waals surface area (Å²) in [5, 5.41) is 5.24. The largest absolute Gasteiger partial charge is 0.461 e. The predicted octanol–water partition coefficient (Wildman–Crippen LogP) is 4.27. The number of thiophene rings is 1. The number of ether oxygens (including phenoxy) is 1. The molecule has 0 saturated heterocycles. The van der Waals surface area contributed by atoms with Gasteiger partial charge in [0.2, 0.25) is 5.91 Å². The van der Waals surface area contributed by atoms with Crippen molar-refractivity contribution in [3.8, 4) is 0 Å². The number of carbonyl (C=O) groups excluding carboxylic acids is 3. The molecule has 1 heterocycles. The van der Waals surface area contributed by atoms with Crippen LogP contribution in [0, 0.1) is 0 Å². The van der Waals surface area contributed by atoms with Crippen molar-refractivity contribution in [2.45, 2.75) is 25.9 Å². The Morgan fingerprint density at radius 2 is 1.85 bits per heavy atom. The lowest BCUT2D eigenvalue weighted by Crippen LogP contribution is -2.26. The Bertz CT molecular complexity index is 778. The van der Waals surface area contributed by atoms with Crippen LogP contribution < -0.4 is 5.32 Å². The third kappa shape index (κ3) is 6.78. The first-order chi connectivity index (χ1) is 12.5. The Labute approximate surface area is 165 Å². The van der Waals surface area contributed by atoms with E-state index >= 15 is 0 Å². The number of hydrogen-bond donors (Lipinski definition) is 1. The molecule has 0 aliphatic carbocycles. The molecule has 138 valence electrons. The van der Waals surface area contributed by atoms with E-state index in [9.17, 15) is 14.4 Å². The molecule has 8 heteroatoms. The first-order valence-electron chi connectivity index (χ1n) is 7.88.